The Bertz CT molecular complexity index is 1110. The molecule has 0 radical (unpaired) electrons. The maximum atomic E-state index is 13.3. The minimum absolute atomic E-state index is 0.173. The molecule has 0 bridgehead atoms. The van der Waals surface area contributed by atoms with Gasteiger partial charge in [-0.1, -0.05) is 70.5 Å². The van der Waals surface area contributed by atoms with E-state index >= 15 is 0 Å². The number of halogens is 3. The van der Waals surface area contributed by atoms with Crippen LogP contribution in [0, 0.1) is 0 Å². The molecule has 0 unspecified atom stereocenters. The summed E-state index contributed by atoms with van der Waals surface area (Å²) in [6.07, 6.45) is 5.48. The number of carbonyl (C=O) groups is 1. The van der Waals surface area contributed by atoms with Crippen LogP contribution in [0.15, 0.2) is 46.9 Å². The van der Waals surface area contributed by atoms with Crippen molar-refractivity contribution in [2.24, 2.45) is 0 Å². The molecule has 0 saturated heterocycles. The van der Waals surface area contributed by atoms with Crippen molar-refractivity contribution < 1.29 is 9.53 Å². The molecule has 3 aromatic rings. The van der Waals surface area contributed by atoms with Crippen molar-refractivity contribution >= 4 is 45.0 Å². The van der Waals surface area contributed by atoms with E-state index in [9.17, 15) is 4.79 Å². The van der Waals surface area contributed by atoms with E-state index in [-0.39, 0.29) is 18.6 Å². The summed E-state index contributed by atoms with van der Waals surface area (Å²) in [4.78, 5) is 13.3. The third-order valence-electron chi connectivity index (χ3n) is 5.68. The van der Waals surface area contributed by atoms with Crippen molar-refractivity contribution in [3.8, 4) is 16.9 Å². The predicted octanol–water partition coefficient (Wildman–Crippen LogP) is 6.82. The fourth-order valence-corrected chi connectivity index (χ4v) is 4.90. The van der Waals surface area contributed by atoms with Gasteiger partial charge in [0.15, 0.2) is 5.69 Å². The van der Waals surface area contributed by atoms with Gasteiger partial charge in [-0.15, -0.1) is 0 Å². The first kappa shape index (κ1) is 23.3. The Balaban J connectivity index is 1.86. The molecule has 0 atom stereocenters. The van der Waals surface area contributed by atoms with Crippen LogP contribution >= 0.6 is 39.1 Å². The van der Waals surface area contributed by atoms with Gasteiger partial charge in [0, 0.05) is 33.8 Å². The zero-order chi connectivity index (χ0) is 22.7. The molecule has 1 heterocycles. The molecule has 1 aliphatic rings. The molecule has 0 aliphatic heterocycles. The third-order valence-corrected chi connectivity index (χ3v) is 6.75. The second-order valence-electron chi connectivity index (χ2n) is 7.93. The van der Waals surface area contributed by atoms with E-state index in [1.165, 1.54) is 6.42 Å². The first-order valence-corrected chi connectivity index (χ1v) is 12.2. The highest BCUT2D eigenvalue weighted by atomic mass is 79.9. The van der Waals surface area contributed by atoms with Crippen LogP contribution in [0.1, 0.15) is 48.2 Å². The van der Waals surface area contributed by atoms with Gasteiger partial charge in [-0.3, -0.25) is 4.79 Å². The lowest BCUT2D eigenvalue weighted by molar-refractivity contribution is 0.0917. The van der Waals surface area contributed by atoms with Gasteiger partial charge in [-0.2, -0.15) is 5.10 Å². The first-order chi connectivity index (χ1) is 15.5. The van der Waals surface area contributed by atoms with Gasteiger partial charge in [0.1, 0.15) is 0 Å². The summed E-state index contributed by atoms with van der Waals surface area (Å²) in [7, 11) is 1.61. The highest BCUT2D eigenvalue weighted by molar-refractivity contribution is 9.10. The number of nitrogens with one attached hydrogen (secondary N) is 1. The van der Waals surface area contributed by atoms with E-state index < -0.39 is 0 Å². The molecule has 4 rings (SSSR count). The van der Waals surface area contributed by atoms with Gasteiger partial charge in [0.25, 0.3) is 5.91 Å². The summed E-state index contributed by atoms with van der Waals surface area (Å²) in [5.41, 5.74) is 3.37. The van der Waals surface area contributed by atoms with E-state index in [0.717, 1.165) is 41.4 Å². The lowest BCUT2D eigenvalue weighted by atomic mass is 9.95. The van der Waals surface area contributed by atoms with Gasteiger partial charge in [0.05, 0.1) is 23.0 Å². The number of methoxy groups -OCH3 is 1. The molecule has 168 valence electrons. The standard InChI is InChI=1S/C24H24BrCl2N3O2/c1-32-14-19-22(24(31)28-18-5-3-2-4-6-18)29-30(21-12-11-17(26)13-20(21)27)23(19)15-7-9-16(25)10-8-15/h7-13,18H,2-6,14H2,1H3,(H,28,31). The second-order valence-corrected chi connectivity index (χ2v) is 9.69. The highest BCUT2D eigenvalue weighted by Crippen LogP contribution is 2.34. The van der Waals surface area contributed by atoms with Crippen LogP contribution in [-0.4, -0.2) is 28.8 Å². The molecular weight excluding hydrogens is 513 g/mol. The average Bonchev–Trinajstić information content (AvgIpc) is 3.14. The summed E-state index contributed by atoms with van der Waals surface area (Å²) in [5, 5.41) is 8.89. The number of benzene rings is 2. The SMILES string of the molecule is COCc1c(C(=O)NC2CCCCC2)nn(-c2ccc(Cl)cc2Cl)c1-c1ccc(Br)cc1. The van der Waals surface area contributed by atoms with Crippen LogP contribution < -0.4 is 5.32 Å². The number of ether oxygens (including phenoxy) is 1. The molecule has 1 amide bonds. The number of rotatable bonds is 6. The molecule has 1 aliphatic carbocycles. The Kier molecular flexibility index (Phi) is 7.56. The Labute approximate surface area is 206 Å². The molecule has 32 heavy (non-hydrogen) atoms. The van der Waals surface area contributed by atoms with Crippen molar-refractivity contribution in [2.45, 2.75) is 44.8 Å². The van der Waals surface area contributed by atoms with E-state index in [0.29, 0.717) is 27.0 Å². The quantitative estimate of drug-likeness (QED) is 0.376. The third kappa shape index (κ3) is 5.04. The van der Waals surface area contributed by atoms with Crippen LogP contribution in [-0.2, 0) is 11.3 Å². The van der Waals surface area contributed by atoms with E-state index in [1.807, 2.05) is 24.3 Å². The molecule has 1 saturated carbocycles. The lowest BCUT2D eigenvalue weighted by Gasteiger charge is -2.22. The van der Waals surface area contributed by atoms with Gasteiger partial charge in [-0.05, 0) is 43.2 Å². The van der Waals surface area contributed by atoms with Gasteiger partial charge < -0.3 is 10.1 Å². The monoisotopic (exact) mass is 535 g/mol. The van der Waals surface area contributed by atoms with Crippen LogP contribution in [0.25, 0.3) is 16.9 Å². The van der Waals surface area contributed by atoms with Crippen molar-refractivity contribution in [3.05, 3.63) is 68.2 Å². The molecule has 8 heteroatoms. The Morgan fingerprint density at radius 2 is 1.88 bits per heavy atom. The smallest absolute Gasteiger partial charge is 0.272 e. The van der Waals surface area contributed by atoms with Crippen molar-refractivity contribution in [2.75, 3.05) is 7.11 Å². The fraction of sp³-hybridized carbons (Fsp3) is 0.333. The highest BCUT2D eigenvalue weighted by Gasteiger charge is 2.27. The molecule has 1 aromatic heterocycles. The number of aromatic nitrogens is 2. The van der Waals surface area contributed by atoms with Crippen molar-refractivity contribution in [1.82, 2.24) is 15.1 Å². The zero-order valence-corrected chi connectivity index (χ0v) is 20.8. The maximum absolute atomic E-state index is 13.3. The summed E-state index contributed by atoms with van der Waals surface area (Å²) in [6, 6.07) is 13.3. The van der Waals surface area contributed by atoms with Crippen molar-refractivity contribution in [1.29, 1.82) is 0 Å². The Hall–Kier alpha value is -1.86. The number of hydrogen-bond donors (Lipinski definition) is 1. The molecular formula is C24H24BrCl2N3O2. The fourth-order valence-electron chi connectivity index (χ4n) is 4.15. The Morgan fingerprint density at radius 1 is 1.16 bits per heavy atom. The zero-order valence-electron chi connectivity index (χ0n) is 17.7. The van der Waals surface area contributed by atoms with Crippen LogP contribution in [0.2, 0.25) is 10.0 Å². The van der Waals surface area contributed by atoms with Gasteiger partial charge in [0.2, 0.25) is 0 Å². The number of amides is 1. The van der Waals surface area contributed by atoms with Crippen LogP contribution in [0.3, 0.4) is 0 Å². The number of carbonyl (C=O) groups excluding carboxylic acids is 1. The van der Waals surface area contributed by atoms with E-state index in [4.69, 9.17) is 33.0 Å². The van der Waals surface area contributed by atoms with Gasteiger partial charge in [-0.25, -0.2) is 4.68 Å². The molecule has 1 fully saturated rings. The summed E-state index contributed by atoms with van der Waals surface area (Å²) in [6.45, 7) is 0.240. The molecule has 5 nitrogen and oxygen atoms in total. The molecule has 1 N–H and O–H groups in total. The minimum Gasteiger partial charge on any atom is -0.380 e. The first-order valence-electron chi connectivity index (χ1n) is 10.6. The van der Waals surface area contributed by atoms with Crippen molar-refractivity contribution in [3.63, 3.8) is 0 Å². The van der Waals surface area contributed by atoms with Gasteiger partial charge >= 0.3 is 0 Å². The second kappa shape index (κ2) is 10.4. The minimum atomic E-state index is -0.189. The summed E-state index contributed by atoms with van der Waals surface area (Å²) in [5.74, 6) is -0.189. The Morgan fingerprint density at radius 3 is 2.53 bits per heavy atom. The predicted molar refractivity (Wildman–Crippen MR) is 132 cm³/mol. The molecule has 0 spiro atoms. The maximum Gasteiger partial charge on any atom is 0.272 e. The number of nitrogens with zero attached hydrogens (tertiary/aromatic N) is 2. The summed E-state index contributed by atoms with van der Waals surface area (Å²) >= 11 is 16.1. The van der Waals surface area contributed by atoms with Crippen LogP contribution in [0.4, 0.5) is 0 Å². The normalized spacial score (nSPS) is 14.5. The lowest BCUT2D eigenvalue weighted by Crippen LogP contribution is -2.36. The van der Waals surface area contributed by atoms with E-state index in [1.54, 1.807) is 30.0 Å². The number of hydrogen-bond acceptors (Lipinski definition) is 3. The topological polar surface area (TPSA) is 56.1 Å². The molecule has 2 aromatic carbocycles. The van der Waals surface area contributed by atoms with E-state index in [2.05, 4.69) is 21.2 Å². The van der Waals surface area contributed by atoms with Crippen LogP contribution in [0.5, 0.6) is 0 Å². The largest absolute Gasteiger partial charge is 0.380 e. The average molecular weight is 537 g/mol. The summed E-state index contributed by atoms with van der Waals surface area (Å²) < 4.78 is 8.17.